The van der Waals surface area contributed by atoms with Crippen molar-refractivity contribution < 1.29 is 21.9 Å². The molecule has 0 unspecified atom stereocenters. The molecule has 0 aromatic carbocycles. The largest absolute Gasteiger partial charge is 0.412 e. The number of hydrogen-bond acceptors (Lipinski definition) is 0. The summed E-state index contributed by atoms with van der Waals surface area (Å²) in [4.78, 5) is 0. The molecule has 8 radical (unpaired) electrons. The second-order valence-electron chi connectivity index (χ2n) is 0. The Morgan fingerprint density at radius 3 is 0.429 bits per heavy atom. The van der Waals surface area contributed by atoms with Crippen LogP contribution in [-0.2, 0) is 0 Å². The Balaban J connectivity index is 0. The van der Waals surface area contributed by atoms with Crippen LogP contribution in [0.1, 0.15) is 0 Å². The standard InChI is InChI=1S/2In.Mg.4H2O/h;;;4*1H2. The molecule has 0 saturated carbocycles. The van der Waals surface area contributed by atoms with E-state index in [1.54, 1.807) is 0 Å². The van der Waals surface area contributed by atoms with Gasteiger partial charge in [-0.1, -0.05) is 0 Å². The van der Waals surface area contributed by atoms with Gasteiger partial charge in [0.25, 0.3) is 0 Å². The second-order valence-corrected chi connectivity index (χ2v) is 0. The van der Waals surface area contributed by atoms with Gasteiger partial charge in [-0.3, -0.25) is 0 Å². The molecule has 40 valence electrons. The van der Waals surface area contributed by atoms with Crippen LogP contribution in [0.4, 0.5) is 0 Å². The van der Waals surface area contributed by atoms with Gasteiger partial charge in [-0.15, -0.1) is 0 Å². The van der Waals surface area contributed by atoms with E-state index in [1.165, 1.54) is 0 Å². The van der Waals surface area contributed by atoms with Crippen molar-refractivity contribution in [3.8, 4) is 0 Å². The van der Waals surface area contributed by atoms with Gasteiger partial charge in [0.15, 0.2) is 0 Å². The Morgan fingerprint density at radius 1 is 0.429 bits per heavy atom. The minimum atomic E-state index is 0. The fourth-order valence-corrected chi connectivity index (χ4v) is 0. The van der Waals surface area contributed by atoms with E-state index < -0.39 is 0 Å². The van der Waals surface area contributed by atoms with Crippen LogP contribution in [0.2, 0.25) is 0 Å². The maximum atomic E-state index is 0. The Morgan fingerprint density at radius 2 is 0.429 bits per heavy atom. The zero-order chi connectivity index (χ0) is 0. The maximum Gasteiger partial charge on any atom is 0 e. The first-order valence-corrected chi connectivity index (χ1v) is 0. The van der Waals surface area contributed by atoms with Crippen molar-refractivity contribution in [1.29, 1.82) is 0 Å². The number of rotatable bonds is 0. The molecule has 0 aromatic rings. The second kappa shape index (κ2) is 81.8. The van der Waals surface area contributed by atoms with E-state index in [0.717, 1.165) is 0 Å². The van der Waals surface area contributed by atoms with Gasteiger partial charge in [0.2, 0.25) is 0 Å². The predicted octanol–water partition coefficient (Wildman–Crippen LogP) is -4.44. The molecule has 0 amide bonds. The van der Waals surface area contributed by atoms with Gasteiger partial charge in [0.1, 0.15) is 0 Å². The van der Waals surface area contributed by atoms with E-state index in [2.05, 4.69) is 0 Å². The number of hydrogen-bond donors (Lipinski definition) is 0. The van der Waals surface area contributed by atoms with E-state index in [1.807, 2.05) is 0 Å². The smallest absolute Gasteiger partial charge is 0 e. The topological polar surface area (TPSA) is 126 Å². The van der Waals surface area contributed by atoms with Crippen molar-refractivity contribution in [2.24, 2.45) is 0 Å². The summed E-state index contributed by atoms with van der Waals surface area (Å²) in [6.45, 7) is 0. The molecule has 0 fully saturated rings. The van der Waals surface area contributed by atoms with Crippen LogP contribution in [0, 0.1) is 0 Å². The summed E-state index contributed by atoms with van der Waals surface area (Å²) in [6.07, 6.45) is 0. The van der Waals surface area contributed by atoms with Crippen molar-refractivity contribution in [3.05, 3.63) is 0 Å². The molecule has 7 heavy (non-hydrogen) atoms. The van der Waals surface area contributed by atoms with Crippen LogP contribution >= 0.6 is 0 Å². The average molecular weight is 326 g/mol. The molecule has 0 aromatic heterocycles. The third-order valence-corrected chi connectivity index (χ3v) is 0. The van der Waals surface area contributed by atoms with Gasteiger partial charge in [-0.25, -0.2) is 0 Å². The van der Waals surface area contributed by atoms with E-state index in [-0.39, 0.29) is 96.6 Å². The molecule has 4 nitrogen and oxygen atoms in total. The molecule has 0 aliphatic heterocycles. The van der Waals surface area contributed by atoms with Crippen LogP contribution in [-0.4, -0.2) is 96.6 Å². The normalized spacial score (nSPS) is 0. The summed E-state index contributed by atoms with van der Waals surface area (Å²) in [5, 5.41) is 0. The van der Waals surface area contributed by atoms with E-state index in [0.29, 0.717) is 0 Å². The monoisotopic (exact) mass is 326 g/mol. The first-order valence-electron chi connectivity index (χ1n) is 0. The van der Waals surface area contributed by atoms with Gasteiger partial charge in [0, 0.05) is 74.7 Å². The summed E-state index contributed by atoms with van der Waals surface area (Å²) in [6, 6.07) is 0. The van der Waals surface area contributed by atoms with Crippen molar-refractivity contribution >= 4 is 74.7 Å². The van der Waals surface area contributed by atoms with Crippen LogP contribution in [0.3, 0.4) is 0 Å². The van der Waals surface area contributed by atoms with Crippen LogP contribution in [0.15, 0.2) is 0 Å². The van der Waals surface area contributed by atoms with Gasteiger partial charge >= 0.3 is 0 Å². The molecule has 0 spiro atoms. The zero-order valence-corrected chi connectivity index (χ0v) is 11.9. The van der Waals surface area contributed by atoms with Gasteiger partial charge in [-0.05, 0) is 0 Å². The van der Waals surface area contributed by atoms with Crippen LogP contribution < -0.4 is 0 Å². The summed E-state index contributed by atoms with van der Waals surface area (Å²) < 4.78 is 0. The first kappa shape index (κ1) is 118. The third-order valence-electron chi connectivity index (χ3n) is 0. The molecule has 0 heterocycles. The van der Waals surface area contributed by atoms with Gasteiger partial charge in [-0.2, -0.15) is 0 Å². The maximum absolute atomic E-state index is 0. The molecule has 8 N–H and O–H groups in total. The molecular weight excluding hydrogens is 318 g/mol. The van der Waals surface area contributed by atoms with E-state index >= 15 is 0 Å². The van der Waals surface area contributed by atoms with Crippen molar-refractivity contribution in [2.45, 2.75) is 0 Å². The Hall–Kier alpha value is 2.35. The van der Waals surface area contributed by atoms with Crippen LogP contribution in [0.5, 0.6) is 0 Å². The van der Waals surface area contributed by atoms with Crippen molar-refractivity contribution in [1.82, 2.24) is 0 Å². The first-order chi connectivity index (χ1) is 0. The minimum Gasteiger partial charge on any atom is -0.412 e. The molecule has 0 bridgehead atoms. The Labute approximate surface area is 95.4 Å². The Kier molecular flexibility index (Phi) is 1380. The predicted molar refractivity (Wildman–Crippen MR) is 31.7 cm³/mol. The van der Waals surface area contributed by atoms with Gasteiger partial charge < -0.3 is 21.9 Å². The summed E-state index contributed by atoms with van der Waals surface area (Å²) in [7, 11) is 0. The zero-order valence-electron chi connectivity index (χ0n) is 3.86. The van der Waals surface area contributed by atoms with E-state index in [4.69, 9.17) is 0 Å². The average Bonchev–Trinajstić information content (AvgIpc) is 0. The fourth-order valence-electron chi connectivity index (χ4n) is 0. The molecule has 7 heteroatoms. The SMILES string of the molecule is O.O.O.O.[In].[In].[Mg]. The quantitative estimate of drug-likeness (QED) is 0.398. The molecular formula is H8In2MgO4. The summed E-state index contributed by atoms with van der Waals surface area (Å²) >= 11 is 0. The van der Waals surface area contributed by atoms with Crippen molar-refractivity contribution in [2.75, 3.05) is 0 Å². The third kappa shape index (κ3) is 61.1. The summed E-state index contributed by atoms with van der Waals surface area (Å²) in [5.74, 6) is 0. The molecule has 0 aliphatic rings. The summed E-state index contributed by atoms with van der Waals surface area (Å²) in [5.41, 5.74) is 0. The molecule has 0 atom stereocenters. The van der Waals surface area contributed by atoms with E-state index in [9.17, 15) is 0 Å². The molecule has 0 rings (SSSR count). The molecule has 0 saturated heterocycles. The molecule has 0 aliphatic carbocycles. The van der Waals surface area contributed by atoms with Gasteiger partial charge in [0.05, 0.1) is 0 Å². The van der Waals surface area contributed by atoms with Crippen LogP contribution in [0.25, 0.3) is 0 Å². The Bertz CT molecular complexity index is 9.65. The minimum absolute atomic E-state index is 0. The van der Waals surface area contributed by atoms with Crippen molar-refractivity contribution in [3.63, 3.8) is 0 Å². The fraction of sp³-hybridized carbons (Fsp3) is 0.